The van der Waals surface area contributed by atoms with Gasteiger partial charge >= 0.3 is 201 Å². The van der Waals surface area contributed by atoms with E-state index in [1.54, 1.807) is 16.9 Å². The molecule has 1 aliphatic heterocycles. The van der Waals surface area contributed by atoms with E-state index in [0.29, 0.717) is 0 Å². The molecule has 0 bridgehead atoms. The van der Waals surface area contributed by atoms with Crippen molar-refractivity contribution in [3.8, 4) is 0 Å². The van der Waals surface area contributed by atoms with Gasteiger partial charge < -0.3 is 0 Å². The molecule has 0 atom stereocenters. The summed E-state index contributed by atoms with van der Waals surface area (Å²) < 4.78 is 6.44. The summed E-state index contributed by atoms with van der Waals surface area (Å²) in [7, 11) is 0. The number of nitrogens with zero attached hydrogens (tertiary/aromatic N) is 3. The van der Waals surface area contributed by atoms with E-state index in [1.807, 2.05) is 12.3 Å². The third kappa shape index (κ3) is 6.62. The van der Waals surface area contributed by atoms with Gasteiger partial charge in [0.1, 0.15) is 0 Å². The summed E-state index contributed by atoms with van der Waals surface area (Å²) in [6.07, 6.45) is 12.3. The number of aromatic nitrogens is 2. The number of anilines is 1. The first kappa shape index (κ1) is 26.5. The van der Waals surface area contributed by atoms with Crippen LogP contribution in [-0.2, 0) is 6.54 Å². The molecule has 1 aliphatic rings. The first-order valence-corrected chi connectivity index (χ1v) is 21.7. The van der Waals surface area contributed by atoms with Crippen LogP contribution in [0.2, 0.25) is 13.3 Å². The Morgan fingerprint density at radius 1 is 0.829 bits per heavy atom. The Kier molecular flexibility index (Phi) is 9.96. The van der Waals surface area contributed by atoms with E-state index < -0.39 is 18.4 Å². The van der Waals surface area contributed by atoms with Crippen LogP contribution in [0, 0.1) is 0 Å². The van der Waals surface area contributed by atoms with E-state index >= 15 is 0 Å². The molecule has 1 N–H and O–H groups in total. The van der Waals surface area contributed by atoms with E-state index in [2.05, 4.69) is 77.1 Å². The molecule has 0 radical (unpaired) electrons. The molecular formula is C30H46N4Sn. The maximum absolute atomic E-state index is 4.44. The molecule has 0 unspecified atom stereocenters. The fourth-order valence-corrected chi connectivity index (χ4v) is 21.9. The Balaban J connectivity index is 1.40. The van der Waals surface area contributed by atoms with Gasteiger partial charge in [-0.1, -0.05) is 0 Å². The molecule has 3 aromatic rings. The van der Waals surface area contributed by atoms with Crippen LogP contribution >= 0.6 is 0 Å². The summed E-state index contributed by atoms with van der Waals surface area (Å²) in [4.78, 5) is 12.9. The second-order valence-electron chi connectivity index (χ2n) is 10.6. The van der Waals surface area contributed by atoms with Crippen LogP contribution in [0.1, 0.15) is 64.9 Å². The third-order valence-corrected chi connectivity index (χ3v) is 23.8. The van der Waals surface area contributed by atoms with Crippen LogP contribution in [0.4, 0.5) is 5.69 Å². The van der Waals surface area contributed by atoms with E-state index in [1.165, 1.54) is 55.2 Å². The van der Waals surface area contributed by atoms with Crippen LogP contribution in [0.25, 0.3) is 11.0 Å². The van der Waals surface area contributed by atoms with Gasteiger partial charge in [0.15, 0.2) is 0 Å². The van der Waals surface area contributed by atoms with Gasteiger partial charge in [-0.3, -0.25) is 0 Å². The number of aromatic amines is 1. The SMILES string of the molecule is CCC[CH2][Sn]([CH2]CCC)([CH2]CCC)[c]1ccc(N2CCN(Cc3c[nH]c4ncccc34)CC2)cc1. The molecule has 1 fully saturated rings. The van der Waals surface area contributed by atoms with Gasteiger partial charge in [-0.05, 0) is 6.07 Å². The number of nitrogens with one attached hydrogen (secondary N) is 1. The van der Waals surface area contributed by atoms with Crippen LogP contribution in [0.3, 0.4) is 0 Å². The quantitative estimate of drug-likeness (QED) is 0.222. The Labute approximate surface area is 217 Å². The van der Waals surface area contributed by atoms with Crippen molar-refractivity contribution in [1.82, 2.24) is 14.9 Å². The molecule has 4 nitrogen and oxygen atoms in total. The average molecular weight is 581 g/mol. The second kappa shape index (κ2) is 13.1. The van der Waals surface area contributed by atoms with Gasteiger partial charge in [-0.15, -0.1) is 0 Å². The summed E-state index contributed by atoms with van der Waals surface area (Å²) in [5, 5.41) is 1.26. The topological polar surface area (TPSA) is 35.2 Å². The van der Waals surface area contributed by atoms with E-state index in [0.717, 1.165) is 38.4 Å². The molecule has 190 valence electrons. The Bertz CT molecular complexity index is 998. The van der Waals surface area contributed by atoms with Gasteiger partial charge in [0.2, 0.25) is 0 Å². The van der Waals surface area contributed by atoms with Crippen molar-refractivity contribution in [2.45, 2.75) is 79.2 Å². The summed E-state index contributed by atoms with van der Waals surface area (Å²) in [5.74, 6) is 0. The van der Waals surface area contributed by atoms with E-state index in [9.17, 15) is 0 Å². The Morgan fingerprint density at radius 3 is 2.06 bits per heavy atom. The van der Waals surface area contributed by atoms with E-state index in [4.69, 9.17) is 0 Å². The van der Waals surface area contributed by atoms with Crippen molar-refractivity contribution in [3.05, 3.63) is 54.4 Å². The summed E-state index contributed by atoms with van der Waals surface area (Å²) in [6.45, 7) is 12.5. The average Bonchev–Trinajstić information content (AvgIpc) is 3.32. The molecule has 3 heterocycles. The van der Waals surface area contributed by atoms with Crippen molar-refractivity contribution < 1.29 is 0 Å². The number of H-pyrrole nitrogens is 1. The van der Waals surface area contributed by atoms with Crippen molar-refractivity contribution in [2.24, 2.45) is 0 Å². The predicted molar refractivity (Wildman–Crippen MR) is 155 cm³/mol. The second-order valence-corrected chi connectivity index (χ2v) is 23.9. The number of fused-ring (bicyclic) bond motifs is 1. The fourth-order valence-electron chi connectivity index (χ4n) is 5.93. The van der Waals surface area contributed by atoms with Crippen LogP contribution in [0.15, 0.2) is 48.8 Å². The number of pyridine rings is 1. The zero-order chi connectivity index (χ0) is 24.5. The van der Waals surface area contributed by atoms with Gasteiger partial charge in [0, 0.05) is 6.20 Å². The minimum atomic E-state index is -2.32. The molecule has 0 amide bonds. The summed E-state index contributed by atoms with van der Waals surface area (Å²) in [6, 6.07) is 14.3. The summed E-state index contributed by atoms with van der Waals surface area (Å²) >= 11 is -2.32. The van der Waals surface area contributed by atoms with Crippen molar-refractivity contribution >= 4 is 38.7 Å². The molecule has 0 aliphatic carbocycles. The standard InChI is InChI=1S/C18H19N4.3C4H9.Sn/c1-2-5-16(6-3-1)22-11-9-21(10-12-22)14-15-13-20-18-17(15)7-4-8-19-18;3*1-3-4-2;/h2-8,13H,9-12,14H2,(H,19,20);3*1,3-4H2,2H3;. The minimum absolute atomic E-state index is 1.000. The molecule has 0 saturated carbocycles. The molecule has 5 heteroatoms. The maximum atomic E-state index is 4.44. The van der Waals surface area contributed by atoms with Crippen LogP contribution in [0.5, 0.6) is 0 Å². The van der Waals surface area contributed by atoms with Crippen molar-refractivity contribution in [1.29, 1.82) is 0 Å². The molecular weight excluding hydrogens is 535 g/mol. The van der Waals surface area contributed by atoms with Crippen molar-refractivity contribution in [3.63, 3.8) is 0 Å². The normalized spacial score (nSPS) is 15.2. The molecule has 1 saturated heterocycles. The van der Waals surface area contributed by atoms with Gasteiger partial charge in [0.25, 0.3) is 0 Å². The molecule has 35 heavy (non-hydrogen) atoms. The number of hydrogen-bond acceptors (Lipinski definition) is 3. The van der Waals surface area contributed by atoms with Gasteiger partial charge in [-0.25, -0.2) is 4.98 Å². The molecule has 4 rings (SSSR count). The molecule has 0 spiro atoms. The predicted octanol–water partition coefficient (Wildman–Crippen LogP) is 6.94. The first-order valence-electron chi connectivity index (χ1n) is 14.2. The molecule has 1 aromatic carbocycles. The summed E-state index contributed by atoms with van der Waals surface area (Å²) in [5.41, 5.74) is 3.78. The van der Waals surface area contributed by atoms with E-state index in [-0.39, 0.29) is 0 Å². The third-order valence-electron chi connectivity index (χ3n) is 8.17. The number of benzene rings is 1. The Morgan fingerprint density at radius 2 is 1.46 bits per heavy atom. The fraction of sp³-hybridized carbons (Fsp3) is 0.567. The monoisotopic (exact) mass is 582 g/mol. The zero-order valence-electron chi connectivity index (χ0n) is 22.4. The van der Waals surface area contributed by atoms with Crippen LogP contribution in [-0.4, -0.2) is 59.4 Å². The number of unbranched alkanes of at least 4 members (excludes halogenated alkanes) is 3. The number of piperazine rings is 1. The number of hydrogen-bond donors (Lipinski definition) is 1. The van der Waals surface area contributed by atoms with Crippen molar-refractivity contribution in [2.75, 3.05) is 31.1 Å². The molecule has 2 aromatic heterocycles. The van der Waals surface area contributed by atoms with Gasteiger partial charge in [0.05, 0.1) is 0 Å². The Hall–Kier alpha value is -1.53. The number of rotatable bonds is 13. The zero-order valence-corrected chi connectivity index (χ0v) is 25.2. The van der Waals surface area contributed by atoms with Gasteiger partial charge in [-0.2, -0.15) is 0 Å². The van der Waals surface area contributed by atoms with Crippen LogP contribution < -0.4 is 8.48 Å². The first-order chi connectivity index (χ1) is 17.2.